The second kappa shape index (κ2) is 6.99. The maximum Gasteiger partial charge on any atom is 0.314 e. The van der Waals surface area contributed by atoms with Crippen molar-refractivity contribution in [3.8, 4) is 11.3 Å². The van der Waals surface area contributed by atoms with E-state index in [1.165, 1.54) is 13.2 Å². The molecule has 0 spiro atoms. The van der Waals surface area contributed by atoms with Crippen LogP contribution in [0.25, 0.3) is 11.3 Å². The summed E-state index contributed by atoms with van der Waals surface area (Å²) in [6.07, 6.45) is 7.53. The molecule has 138 valence electrons. The molecule has 0 bridgehead atoms. The van der Waals surface area contributed by atoms with Crippen LogP contribution in [0.4, 0.5) is 0 Å². The molecule has 0 saturated heterocycles. The van der Waals surface area contributed by atoms with Gasteiger partial charge in [-0.25, -0.2) is 8.42 Å². The third-order valence-electron chi connectivity index (χ3n) is 4.61. The molecule has 0 fully saturated rings. The SMILES string of the molecule is C=CCn1ccc(-c2c(S(=O)(=O)CC=C)cc3n2CCC3C(=O)OC)c1. The summed E-state index contributed by atoms with van der Waals surface area (Å²) >= 11 is 0. The van der Waals surface area contributed by atoms with Crippen molar-refractivity contribution in [3.05, 3.63) is 55.5 Å². The van der Waals surface area contributed by atoms with Gasteiger partial charge in [0.2, 0.25) is 0 Å². The summed E-state index contributed by atoms with van der Waals surface area (Å²) in [4.78, 5) is 12.3. The first kappa shape index (κ1) is 18.3. The van der Waals surface area contributed by atoms with E-state index in [9.17, 15) is 13.2 Å². The molecule has 3 heterocycles. The highest BCUT2D eigenvalue weighted by Crippen LogP contribution is 2.40. The van der Waals surface area contributed by atoms with Gasteiger partial charge < -0.3 is 13.9 Å². The van der Waals surface area contributed by atoms with Gasteiger partial charge >= 0.3 is 5.97 Å². The second-order valence-corrected chi connectivity index (χ2v) is 8.26. The fraction of sp³-hybridized carbons (Fsp3) is 0.316. The van der Waals surface area contributed by atoms with Crippen LogP contribution in [0.3, 0.4) is 0 Å². The molecule has 1 aliphatic heterocycles. The first-order valence-electron chi connectivity index (χ1n) is 8.35. The van der Waals surface area contributed by atoms with Crippen molar-refractivity contribution in [1.82, 2.24) is 9.13 Å². The van der Waals surface area contributed by atoms with Crippen molar-refractivity contribution < 1.29 is 17.9 Å². The van der Waals surface area contributed by atoms with Crippen LogP contribution in [-0.2, 0) is 32.5 Å². The van der Waals surface area contributed by atoms with Gasteiger partial charge in [-0.15, -0.1) is 13.2 Å². The Morgan fingerprint density at radius 2 is 2.15 bits per heavy atom. The molecule has 6 nitrogen and oxygen atoms in total. The van der Waals surface area contributed by atoms with E-state index in [2.05, 4.69) is 13.2 Å². The molecule has 0 radical (unpaired) electrons. The summed E-state index contributed by atoms with van der Waals surface area (Å²) < 4.78 is 34.3. The van der Waals surface area contributed by atoms with E-state index >= 15 is 0 Å². The van der Waals surface area contributed by atoms with Crippen molar-refractivity contribution in [2.45, 2.75) is 30.3 Å². The molecule has 0 saturated carbocycles. The summed E-state index contributed by atoms with van der Waals surface area (Å²) in [5, 5.41) is 0. The molecule has 3 rings (SSSR count). The van der Waals surface area contributed by atoms with E-state index < -0.39 is 15.8 Å². The number of allylic oxidation sites excluding steroid dienone is 1. The predicted octanol–water partition coefficient (Wildman–Crippen LogP) is 2.76. The molecule has 1 aliphatic rings. The third-order valence-corrected chi connectivity index (χ3v) is 6.27. The first-order valence-corrected chi connectivity index (χ1v) is 10.00. The Balaban J connectivity index is 2.19. The summed E-state index contributed by atoms with van der Waals surface area (Å²) in [6.45, 7) is 8.47. The van der Waals surface area contributed by atoms with Crippen LogP contribution in [0.5, 0.6) is 0 Å². The van der Waals surface area contributed by atoms with Crippen LogP contribution in [0, 0.1) is 0 Å². The monoisotopic (exact) mass is 374 g/mol. The first-order chi connectivity index (χ1) is 12.4. The minimum atomic E-state index is -3.55. The Morgan fingerprint density at radius 1 is 1.38 bits per heavy atom. The molecule has 2 aromatic rings. The van der Waals surface area contributed by atoms with Crippen molar-refractivity contribution in [3.63, 3.8) is 0 Å². The van der Waals surface area contributed by atoms with E-state index in [0.717, 1.165) is 5.56 Å². The van der Waals surface area contributed by atoms with Crippen LogP contribution in [-0.4, -0.2) is 36.4 Å². The average Bonchev–Trinajstić information content (AvgIpc) is 3.28. The maximum absolute atomic E-state index is 12.8. The summed E-state index contributed by atoms with van der Waals surface area (Å²) in [7, 11) is -2.20. The Hall–Kier alpha value is -2.54. The molecule has 1 atom stereocenters. The van der Waals surface area contributed by atoms with Crippen LogP contribution < -0.4 is 0 Å². The van der Waals surface area contributed by atoms with Gasteiger partial charge in [-0.3, -0.25) is 4.79 Å². The number of hydrogen-bond acceptors (Lipinski definition) is 4. The zero-order chi connectivity index (χ0) is 18.9. The molecule has 26 heavy (non-hydrogen) atoms. The zero-order valence-electron chi connectivity index (χ0n) is 14.7. The van der Waals surface area contributed by atoms with Crippen LogP contribution in [0.1, 0.15) is 18.0 Å². The number of ether oxygens (including phenoxy) is 1. The van der Waals surface area contributed by atoms with Crippen molar-refractivity contribution in [1.29, 1.82) is 0 Å². The Morgan fingerprint density at radius 3 is 2.81 bits per heavy atom. The van der Waals surface area contributed by atoms with Crippen LogP contribution >= 0.6 is 0 Å². The number of nitrogens with zero attached hydrogens (tertiary/aromatic N) is 2. The quantitative estimate of drug-likeness (QED) is 0.552. The summed E-state index contributed by atoms with van der Waals surface area (Å²) in [5.74, 6) is -0.939. The topological polar surface area (TPSA) is 70.3 Å². The van der Waals surface area contributed by atoms with Gasteiger partial charge in [-0.05, 0) is 18.6 Å². The number of hydrogen-bond donors (Lipinski definition) is 0. The van der Waals surface area contributed by atoms with Gasteiger partial charge in [0.05, 0.1) is 29.4 Å². The van der Waals surface area contributed by atoms with Crippen LogP contribution in [0.2, 0.25) is 0 Å². The Bertz CT molecular complexity index is 966. The van der Waals surface area contributed by atoms with Gasteiger partial charge in [0.1, 0.15) is 0 Å². The predicted molar refractivity (Wildman–Crippen MR) is 99.7 cm³/mol. The van der Waals surface area contributed by atoms with Gasteiger partial charge in [0, 0.05) is 36.7 Å². The normalized spacial score (nSPS) is 16.3. The minimum Gasteiger partial charge on any atom is -0.469 e. The Kier molecular flexibility index (Phi) is 4.91. The molecule has 0 aliphatic carbocycles. The van der Waals surface area contributed by atoms with E-state index in [-0.39, 0.29) is 16.6 Å². The van der Waals surface area contributed by atoms with Crippen molar-refractivity contribution in [2.75, 3.05) is 12.9 Å². The highest BCUT2D eigenvalue weighted by Gasteiger charge is 2.36. The average molecular weight is 374 g/mol. The van der Waals surface area contributed by atoms with Gasteiger partial charge in [0.15, 0.2) is 9.84 Å². The zero-order valence-corrected chi connectivity index (χ0v) is 15.5. The second-order valence-electron chi connectivity index (χ2n) is 6.25. The number of carbonyl (C=O) groups is 1. The van der Waals surface area contributed by atoms with E-state index in [1.807, 2.05) is 27.6 Å². The number of aromatic nitrogens is 2. The number of methoxy groups -OCH3 is 1. The number of sulfone groups is 1. The Labute approximate surface area is 153 Å². The molecule has 1 unspecified atom stereocenters. The minimum absolute atomic E-state index is 0.153. The van der Waals surface area contributed by atoms with E-state index in [1.54, 1.807) is 12.1 Å². The molecule has 7 heteroatoms. The maximum atomic E-state index is 12.8. The lowest BCUT2D eigenvalue weighted by Crippen LogP contribution is -2.11. The van der Waals surface area contributed by atoms with Gasteiger partial charge in [-0.1, -0.05) is 12.2 Å². The number of carbonyl (C=O) groups excluding carboxylic acids is 1. The lowest BCUT2D eigenvalue weighted by Gasteiger charge is -2.08. The van der Waals surface area contributed by atoms with E-state index in [0.29, 0.717) is 30.9 Å². The summed E-state index contributed by atoms with van der Waals surface area (Å²) in [5.41, 5.74) is 2.10. The van der Waals surface area contributed by atoms with Crippen molar-refractivity contribution >= 4 is 15.8 Å². The van der Waals surface area contributed by atoms with Gasteiger partial charge in [0.25, 0.3) is 0 Å². The fourth-order valence-electron chi connectivity index (χ4n) is 3.48. The molecule has 0 N–H and O–H groups in total. The number of fused-ring (bicyclic) bond motifs is 1. The molecular weight excluding hydrogens is 352 g/mol. The highest BCUT2D eigenvalue weighted by atomic mass is 32.2. The van der Waals surface area contributed by atoms with Crippen molar-refractivity contribution in [2.24, 2.45) is 0 Å². The fourth-order valence-corrected chi connectivity index (χ4v) is 4.80. The third kappa shape index (κ3) is 3.03. The molecule has 0 aromatic carbocycles. The summed E-state index contributed by atoms with van der Waals surface area (Å²) in [6, 6.07) is 3.50. The largest absolute Gasteiger partial charge is 0.469 e. The van der Waals surface area contributed by atoms with Crippen LogP contribution in [0.15, 0.2) is 54.7 Å². The standard InChI is InChI=1S/C19H22N2O4S/c1-4-8-20-9-6-14(13-20)18-17(26(23,24)11-5-2)12-16-15(19(22)25-3)7-10-21(16)18/h4-6,9,12-13,15H,1-2,7-8,10-11H2,3H3. The smallest absolute Gasteiger partial charge is 0.314 e. The molecule has 2 aromatic heterocycles. The highest BCUT2D eigenvalue weighted by molar-refractivity contribution is 7.91. The van der Waals surface area contributed by atoms with E-state index in [4.69, 9.17) is 4.74 Å². The number of esters is 1. The lowest BCUT2D eigenvalue weighted by atomic mass is 10.1. The molecular formula is C19H22N2O4S. The molecule has 0 amide bonds. The lowest BCUT2D eigenvalue weighted by molar-refractivity contribution is -0.142. The number of rotatable bonds is 7. The van der Waals surface area contributed by atoms with Gasteiger partial charge in [-0.2, -0.15) is 0 Å².